The third-order valence-corrected chi connectivity index (χ3v) is 2.37. The van der Waals surface area contributed by atoms with E-state index in [-0.39, 0.29) is 0 Å². The molecule has 0 spiro atoms. The number of rotatable bonds is 3. The zero-order valence-electron chi connectivity index (χ0n) is 7.43. The van der Waals surface area contributed by atoms with Gasteiger partial charge in [-0.15, -0.1) is 0 Å². The van der Waals surface area contributed by atoms with Crippen molar-refractivity contribution in [3.05, 3.63) is 29.3 Å². The number of halogens is 1. The van der Waals surface area contributed by atoms with Gasteiger partial charge in [0.25, 0.3) is 0 Å². The SMILES string of the molecule is CCOc1ccc(CBr)c(C)c1. The molecule has 0 aliphatic heterocycles. The molecule has 0 bridgehead atoms. The summed E-state index contributed by atoms with van der Waals surface area (Å²) in [5.41, 5.74) is 2.59. The van der Waals surface area contributed by atoms with Crippen LogP contribution >= 0.6 is 15.9 Å². The Balaban J connectivity index is 2.86. The van der Waals surface area contributed by atoms with Crippen LogP contribution in [0.15, 0.2) is 18.2 Å². The highest BCUT2D eigenvalue weighted by atomic mass is 79.9. The predicted octanol–water partition coefficient (Wildman–Crippen LogP) is 3.29. The number of benzene rings is 1. The first-order valence-corrected chi connectivity index (χ1v) is 5.18. The summed E-state index contributed by atoms with van der Waals surface area (Å²) in [6, 6.07) is 6.17. The molecular formula is C10H13BrO. The van der Waals surface area contributed by atoms with Crippen molar-refractivity contribution in [2.75, 3.05) is 6.61 Å². The van der Waals surface area contributed by atoms with Crippen LogP contribution in [0.3, 0.4) is 0 Å². The van der Waals surface area contributed by atoms with E-state index in [9.17, 15) is 0 Å². The highest BCUT2D eigenvalue weighted by Crippen LogP contribution is 2.18. The Morgan fingerprint density at radius 1 is 1.42 bits per heavy atom. The van der Waals surface area contributed by atoms with Gasteiger partial charge in [0.05, 0.1) is 6.61 Å². The molecule has 1 nitrogen and oxygen atoms in total. The van der Waals surface area contributed by atoms with E-state index in [1.54, 1.807) is 0 Å². The Hall–Kier alpha value is -0.500. The fourth-order valence-electron chi connectivity index (χ4n) is 1.07. The van der Waals surface area contributed by atoms with Crippen LogP contribution in [0.4, 0.5) is 0 Å². The average molecular weight is 229 g/mol. The van der Waals surface area contributed by atoms with Crippen LogP contribution < -0.4 is 4.74 Å². The lowest BCUT2D eigenvalue weighted by Gasteiger charge is -2.06. The smallest absolute Gasteiger partial charge is 0.119 e. The first-order chi connectivity index (χ1) is 5.77. The van der Waals surface area contributed by atoms with Crippen molar-refractivity contribution < 1.29 is 4.74 Å². The summed E-state index contributed by atoms with van der Waals surface area (Å²) in [5.74, 6) is 0.958. The van der Waals surface area contributed by atoms with Crippen molar-refractivity contribution in [2.24, 2.45) is 0 Å². The van der Waals surface area contributed by atoms with Gasteiger partial charge in [0.2, 0.25) is 0 Å². The molecule has 0 saturated carbocycles. The van der Waals surface area contributed by atoms with Gasteiger partial charge in [0, 0.05) is 5.33 Å². The highest BCUT2D eigenvalue weighted by Gasteiger charge is 1.98. The number of hydrogen-bond acceptors (Lipinski definition) is 1. The molecule has 0 heterocycles. The summed E-state index contributed by atoms with van der Waals surface area (Å²) in [7, 11) is 0. The van der Waals surface area contributed by atoms with E-state index in [2.05, 4.69) is 35.0 Å². The Morgan fingerprint density at radius 3 is 2.67 bits per heavy atom. The van der Waals surface area contributed by atoms with Gasteiger partial charge in [0.1, 0.15) is 5.75 Å². The van der Waals surface area contributed by atoms with Gasteiger partial charge in [0.15, 0.2) is 0 Å². The van der Waals surface area contributed by atoms with Crippen molar-refractivity contribution in [1.82, 2.24) is 0 Å². The van der Waals surface area contributed by atoms with Crippen LogP contribution in [0.5, 0.6) is 5.75 Å². The number of aryl methyl sites for hydroxylation is 1. The first kappa shape index (κ1) is 9.59. The topological polar surface area (TPSA) is 9.23 Å². The van der Waals surface area contributed by atoms with E-state index >= 15 is 0 Å². The third-order valence-electron chi connectivity index (χ3n) is 1.77. The van der Waals surface area contributed by atoms with Crippen LogP contribution in [0.25, 0.3) is 0 Å². The van der Waals surface area contributed by atoms with E-state index in [1.165, 1.54) is 11.1 Å². The standard InChI is InChI=1S/C10H13BrO/c1-3-12-10-5-4-9(7-11)8(2)6-10/h4-6H,3,7H2,1-2H3. The van der Waals surface area contributed by atoms with Gasteiger partial charge in [-0.2, -0.15) is 0 Å². The van der Waals surface area contributed by atoms with Gasteiger partial charge in [-0.3, -0.25) is 0 Å². The van der Waals surface area contributed by atoms with E-state index < -0.39 is 0 Å². The Bertz CT molecular complexity index is 258. The van der Waals surface area contributed by atoms with Gasteiger partial charge >= 0.3 is 0 Å². The van der Waals surface area contributed by atoms with Crippen molar-refractivity contribution >= 4 is 15.9 Å². The van der Waals surface area contributed by atoms with Crippen LogP contribution in [-0.2, 0) is 5.33 Å². The summed E-state index contributed by atoms with van der Waals surface area (Å²) >= 11 is 3.43. The molecular weight excluding hydrogens is 216 g/mol. The second-order valence-electron chi connectivity index (χ2n) is 2.65. The van der Waals surface area contributed by atoms with Crippen LogP contribution in [-0.4, -0.2) is 6.61 Å². The number of alkyl halides is 1. The second-order valence-corrected chi connectivity index (χ2v) is 3.22. The fraction of sp³-hybridized carbons (Fsp3) is 0.400. The summed E-state index contributed by atoms with van der Waals surface area (Å²) in [4.78, 5) is 0. The fourth-order valence-corrected chi connectivity index (χ4v) is 1.70. The summed E-state index contributed by atoms with van der Waals surface area (Å²) in [6.07, 6.45) is 0. The molecule has 12 heavy (non-hydrogen) atoms. The normalized spacial score (nSPS) is 9.92. The van der Waals surface area contributed by atoms with Crippen LogP contribution in [0.2, 0.25) is 0 Å². The lowest BCUT2D eigenvalue weighted by molar-refractivity contribution is 0.340. The highest BCUT2D eigenvalue weighted by molar-refractivity contribution is 9.08. The molecule has 0 aliphatic rings. The zero-order chi connectivity index (χ0) is 8.97. The Morgan fingerprint density at radius 2 is 2.17 bits per heavy atom. The molecule has 0 fully saturated rings. The molecule has 66 valence electrons. The molecule has 0 saturated heterocycles. The molecule has 0 amide bonds. The zero-order valence-corrected chi connectivity index (χ0v) is 9.02. The minimum Gasteiger partial charge on any atom is -0.494 e. The number of hydrogen-bond donors (Lipinski definition) is 0. The monoisotopic (exact) mass is 228 g/mol. The maximum absolute atomic E-state index is 5.37. The Labute approximate surface area is 81.9 Å². The third kappa shape index (κ3) is 2.24. The Kier molecular flexibility index (Phi) is 3.60. The van der Waals surface area contributed by atoms with Gasteiger partial charge in [-0.1, -0.05) is 22.0 Å². The largest absolute Gasteiger partial charge is 0.494 e. The van der Waals surface area contributed by atoms with Crippen molar-refractivity contribution in [1.29, 1.82) is 0 Å². The maximum atomic E-state index is 5.37. The van der Waals surface area contributed by atoms with Gasteiger partial charge in [-0.05, 0) is 37.1 Å². The quantitative estimate of drug-likeness (QED) is 0.722. The second kappa shape index (κ2) is 4.51. The maximum Gasteiger partial charge on any atom is 0.119 e. The number of ether oxygens (including phenoxy) is 1. The molecule has 1 aromatic carbocycles. The summed E-state index contributed by atoms with van der Waals surface area (Å²) in [6.45, 7) is 4.82. The van der Waals surface area contributed by atoms with Gasteiger partial charge < -0.3 is 4.74 Å². The molecule has 0 unspecified atom stereocenters. The van der Waals surface area contributed by atoms with E-state index in [0.29, 0.717) is 0 Å². The summed E-state index contributed by atoms with van der Waals surface area (Å²) < 4.78 is 5.37. The lowest BCUT2D eigenvalue weighted by Crippen LogP contribution is -1.93. The van der Waals surface area contributed by atoms with Gasteiger partial charge in [-0.25, -0.2) is 0 Å². The molecule has 0 radical (unpaired) electrons. The predicted molar refractivity (Wildman–Crippen MR) is 55.0 cm³/mol. The molecule has 0 N–H and O–H groups in total. The molecule has 1 aromatic rings. The van der Waals surface area contributed by atoms with Crippen molar-refractivity contribution in [3.63, 3.8) is 0 Å². The molecule has 0 atom stereocenters. The van der Waals surface area contributed by atoms with Crippen LogP contribution in [0.1, 0.15) is 18.1 Å². The van der Waals surface area contributed by atoms with Crippen molar-refractivity contribution in [2.45, 2.75) is 19.2 Å². The lowest BCUT2D eigenvalue weighted by atomic mass is 10.1. The van der Waals surface area contributed by atoms with E-state index in [1.807, 2.05) is 13.0 Å². The molecule has 0 aromatic heterocycles. The minimum atomic E-state index is 0.729. The molecule has 1 rings (SSSR count). The average Bonchev–Trinajstić information content (AvgIpc) is 2.05. The van der Waals surface area contributed by atoms with Crippen molar-refractivity contribution in [3.8, 4) is 5.75 Å². The molecule has 0 aliphatic carbocycles. The van der Waals surface area contributed by atoms with Crippen LogP contribution in [0, 0.1) is 6.92 Å². The van der Waals surface area contributed by atoms with E-state index in [0.717, 1.165) is 17.7 Å². The summed E-state index contributed by atoms with van der Waals surface area (Å²) in [5, 5.41) is 0.908. The first-order valence-electron chi connectivity index (χ1n) is 4.06. The minimum absolute atomic E-state index is 0.729. The molecule has 2 heteroatoms. The van der Waals surface area contributed by atoms with E-state index in [4.69, 9.17) is 4.74 Å².